The first kappa shape index (κ1) is 21.3. The number of nitrogen functional groups attached to an aromatic ring is 1. The van der Waals surface area contributed by atoms with Gasteiger partial charge in [0.15, 0.2) is 0 Å². The molecule has 7 heteroatoms. The van der Waals surface area contributed by atoms with E-state index in [0.717, 1.165) is 59.6 Å². The second-order valence-electron chi connectivity index (χ2n) is 7.96. The maximum Gasteiger partial charge on any atom is 0.143 e. The van der Waals surface area contributed by atoms with Crippen LogP contribution in [-0.4, -0.2) is 32.3 Å². The van der Waals surface area contributed by atoms with Crippen molar-refractivity contribution in [3.8, 4) is 23.6 Å². The Morgan fingerprint density at radius 2 is 1.75 bits per heavy atom. The van der Waals surface area contributed by atoms with Crippen LogP contribution in [-0.2, 0) is 0 Å². The minimum absolute atomic E-state index is 0.139. The van der Waals surface area contributed by atoms with Crippen LogP contribution in [0.4, 0.5) is 11.5 Å². The fourth-order valence-electron chi connectivity index (χ4n) is 4.57. The number of benzene rings is 1. The number of hydrogen-bond donors (Lipinski definition) is 1. The van der Waals surface area contributed by atoms with E-state index in [1.807, 2.05) is 32.1 Å². The molecule has 2 N–H and O–H groups in total. The van der Waals surface area contributed by atoms with Crippen LogP contribution in [0.2, 0.25) is 0 Å². The summed E-state index contributed by atoms with van der Waals surface area (Å²) in [4.78, 5) is 6.70. The Bertz CT molecular complexity index is 1250. The van der Waals surface area contributed by atoms with Crippen molar-refractivity contribution in [1.82, 2.24) is 4.98 Å². The summed E-state index contributed by atoms with van der Waals surface area (Å²) in [5, 5.41) is 19.4. The van der Waals surface area contributed by atoms with Crippen molar-refractivity contribution in [3.05, 3.63) is 45.7 Å². The van der Waals surface area contributed by atoms with Gasteiger partial charge in [-0.3, -0.25) is 0 Å². The van der Waals surface area contributed by atoms with Gasteiger partial charge in [0.2, 0.25) is 0 Å². The first-order valence-corrected chi connectivity index (χ1v) is 10.5. The van der Waals surface area contributed by atoms with E-state index in [1.54, 1.807) is 14.2 Å². The van der Waals surface area contributed by atoms with Gasteiger partial charge < -0.3 is 20.1 Å². The zero-order chi connectivity index (χ0) is 23.0. The number of nitriles is 2. The molecule has 0 saturated carbocycles. The molecule has 0 atom stereocenters. The number of ether oxygens (including phenoxy) is 2. The molecule has 2 heterocycles. The van der Waals surface area contributed by atoms with Crippen LogP contribution in [0.15, 0.2) is 17.7 Å². The summed E-state index contributed by atoms with van der Waals surface area (Å²) >= 11 is 0. The Kier molecular flexibility index (Phi) is 5.50. The highest BCUT2D eigenvalue weighted by Gasteiger charge is 2.30. The summed E-state index contributed by atoms with van der Waals surface area (Å²) < 4.78 is 11.4. The molecule has 1 saturated heterocycles. The third-order valence-electron chi connectivity index (χ3n) is 6.26. The van der Waals surface area contributed by atoms with Crippen LogP contribution in [0.5, 0.6) is 11.5 Å². The molecule has 1 aromatic heterocycles. The Morgan fingerprint density at radius 1 is 1.06 bits per heavy atom. The third kappa shape index (κ3) is 3.23. The van der Waals surface area contributed by atoms with Crippen LogP contribution in [0.1, 0.15) is 47.7 Å². The lowest BCUT2D eigenvalue weighted by Crippen LogP contribution is -2.18. The number of rotatable bonds is 4. The predicted molar refractivity (Wildman–Crippen MR) is 125 cm³/mol. The van der Waals surface area contributed by atoms with Gasteiger partial charge in [-0.05, 0) is 55.5 Å². The van der Waals surface area contributed by atoms with Gasteiger partial charge in [-0.2, -0.15) is 10.5 Å². The van der Waals surface area contributed by atoms with Crippen molar-refractivity contribution >= 4 is 28.7 Å². The molecule has 0 amide bonds. The number of anilines is 2. The summed E-state index contributed by atoms with van der Waals surface area (Å²) in [6.45, 7) is 5.70. The molecule has 32 heavy (non-hydrogen) atoms. The molecule has 0 unspecified atom stereocenters. The molecule has 1 aromatic carbocycles. The van der Waals surface area contributed by atoms with Crippen molar-refractivity contribution in [3.63, 3.8) is 0 Å². The van der Waals surface area contributed by atoms with E-state index >= 15 is 0 Å². The molecule has 4 rings (SSSR count). The van der Waals surface area contributed by atoms with E-state index in [1.165, 1.54) is 0 Å². The molecule has 7 nitrogen and oxygen atoms in total. The van der Waals surface area contributed by atoms with Crippen LogP contribution < -0.4 is 20.1 Å². The smallest absolute Gasteiger partial charge is 0.143 e. The van der Waals surface area contributed by atoms with Crippen LogP contribution in [0, 0.1) is 29.6 Å². The lowest BCUT2D eigenvalue weighted by molar-refractivity contribution is 0.402. The second-order valence-corrected chi connectivity index (χ2v) is 7.96. The number of aromatic nitrogens is 1. The number of allylic oxidation sites excluding steroid dienone is 3. The van der Waals surface area contributed by atoms with Gasteiger partial charge in [0, 0.05) is 30.3 Å². The summed E-state index contributed by atoms with van der Waals surface area (Å²) in [5.74, 6) is 1.62. The van der Waals surface area contributed by atoms with E-state index in [2.05, 4.69) is 22.0 Å². The normalized spacial score (nSPS) is 16.2. The first-order valence-electron chi connectivity index (χ1n) is 10.5. The Labute approximate surface area is 188 Å². The Balaban J connectivity index is 1.94. The predicted octanol–water partition coefficient (Wildman–Crippen LogP) is 4.31. The number of fused-ring (bicyclic) bond motifs is 1. The number of methoxy groups -OCH3 is 2. The highest BCUT2D eigenvalue weighted by Crippen LogP contribution is 2.46. The lowest BCUT2D eigenvalue weighted by Gasteiger charge is -2.22. The standard InChI is InChI=1S/C25H25N5O2/c1-14-17(23-15(2)19(13-27)25(28)29-24(23)18(14)12-26)9-16-10-22(32-4)20(11-21(16)31-3)30-7-5-6-8-30/h9-11H,5-8H2,1-4H3,(H2,28,29)/b17-9-. The number of hydrogen-bond acceptors (Lipinski definition) is 7. The number of nitrogens with zero attached hydrogens (tertiary/aromatic N) is 4. The molecule has 0 radical (unpaired) electrons. The minimum Gasteiger partial charge on any atom is -0.496 e. The SMILES string of the molecule is COc1cc(N2CCCC2)c(OC)cc1/C=C1/C(C)=C(C#N)c2nc(N)c(C#N)c(C)c21. The fraction of sp³-hybridized carbons (Fsp3) is 0.320. The van der Waals surface area contributed by atoms with Gasteiger partial charge >= 0.3 is 0 Å². The number of pyridine rings is 1. The van der Waals surface area contributed by atoms with Crippen LogP contribution in [0.25, 0.3) is 17.2 Å². The highest BCUT2D eigenvalue weighted by molar-refractivity contribution is 6.09. The largest absolute Gasteiger partial charge is 0.496 e. The zero-order valence-electron chi connectivity index (χ0n) is 18.7. The van der Waals surface area contributed by atoms with Crippen molar-refractivity contribution in [2.24, 2.45) is 0 Å². The van der Waals surface area contributed by atoms with E-state index in [9.17, 15) is 10.5 Å². The summed E-state index contributed by atoms with van der Waals surface area (Å²) in [5.41, 5.74) is 12.2. The van der Waals surface area contributed by atoms with Gasteiger partial charge in [0.05, 0.1) is 36.7 Å². The Morgan fingerprint density at radius 3 is 2.34 bits per heavy atom. The van der Waals surface area contributed by atoms with E-state index < -0.39 is 0 Å². The fourth-order valence-corrected chi connectivity index (χ4v) is 4.57. The molecule has 0 spiro atoms. The molecule has 2 aliphatic rings. The van der Waals surface area contributed by atoms with Gasteiger partial charge in [0.25, 0.3) is 0 Å². The van der Waals surface area contributed by atoms with Crippen LogP contribution in [0.3, 0.4) is 0 Å². The monoisotopic (exact) mass is 427 g/mol. The second kappa shape index (κ2) is 8.28. The summed E-state index contributed by atoms with van der Waals surface area (Å²) in [7, 11) is 3.31. The maximum absolute atomic E-state index is 9.78. The van der Waals surface area contributed by atoms with E-state index in [-0.39, 0.29) is 5.82 Å². The molecule has 162 valence electrons. The highest BCUT2D eigenvalue weighted by atomic mass is 16.5. The molecular formula is C25H25N5O2. The van der Waals surface area contributed by atoms with Crippen molar-refractivity contribution in [2.75, 3.05) is 37.9 Å². The average Bonchev–Trinajstić information content (AvgIpc) is 3.41. The van der Waals surface area contributed by atoms with Crippen LogP contribution >= 0.6 is 0 Å². The minimum atomic E-state index is 0.139. The summed E-state index contributed by atoms with van der Waals surface area (Å²) in [6.07, 6.45) is 4.29. The van der Waals surface area contributed by atoms with Crippen molar-refractivity contribution in [2.45, 2.75) is 26.7 Å². The molecule has 0 bridgehead atoms. The van der Waals surface area contributed by atoms with Gasteiger partial charge in [-0.1, -0.05) is 0 Å². The quantitative estimate of drug-likeness (QED) is 0.774. The molecule has 1 aliphatic carbocycles. The molecule has 2 aromatic rings. The lowest BCUT2D eigenvalue weighted by atomic mass is 9.95. The zero-order valence-corrected chi connectivity index (χ0v) is 18.7. The van der Waals surface area contributed by atoms with Gasteiger partial charge in [0.1, 0.15) is 29.5 Å². The summed E-state index contributed by atoms with van der Waals surface area (Å²) in [6, 6.07) is 8.35. The average molecular weight is 428 g/mol. The maximum atomic E-state index is 9.78. The topological polar surface area (TPSA) is 108 Å². The van der Waals surface area contributed by atoms with Crippen molar-refractivity contribution < 1.29 is 9.47 Å². The Hall–Kier alpha value is -3.97. The van der Waals surface area contributed by atoms with Gasteiger partial charge in [-0.15, -0.1) is 0 Å². The molecule has 1 fully saturated rings. The van der Waals surface area contributed by atoms with Gasteiger partial charge in [-0.25, -0.2) is 4.98 Å². The van der Waals surface area contributed by atoms with E-state index in [0.29, 0.717) is 28.1 Å². The first-order chi connectivity index (χ1) is 15.4. The number of nitrogens with two attached hydrogens (primary N) is 1. The van der Waals surface area contributed by atoms with Crippen molar-refractivity contribution in [1.29, 1.82) is 10.5 Å². The third-order valence-corrected chi connectivity index (χ3v) is 6.26. The molecular weight excluding hydrogens is 402 g/mol. The molecule has 1 aliphatic heterocycles. The van der Waals surface area contributed by atoms with E-state index in [4.69, 9.17) is 15.2 Å².